The van der Waals surface area contributed by atoms with E-state index in [4.69, 9.17) is 5.26 Å². The van der Waals surface area contributed by atoms with Crippen LogP contribution in [0.15, 0.2) is 30.3 Å². The number of carbonyl (C=O) groups is 1. The van der Waals surface area contributed by atoms with Crippen molar-refractivity contribution in [2.75, 3.05) is 23.3 Å². The van der Waals surface area contributed by atoms with Gasteiger partial charge in [0.05, 0.1) is 28.7 Å². The van der Waals surface area contributed by atoms with Crippen LogP contribution in [0, 0.1) is 27.3 Å². The summed E-state index contributed by atoms with van der Waals surface area (Å²) in [7, 11) is 0. The smallest absolute Gasteiger partial charge is 0.378 e. The molecule has 0 aliphatic carbocycles. The van der Waals surface area contributed by atoms with Crippen LogP contribution >= 0.6 is 0 Å². The highest BCUT2D eigenvalue weighted by molar-refractivity contribution is 5.97. The fourth-order valence-electron chi connectivity index (χ4n) is 3.47. The van der Waals surface area contributed by atoms with Crippen molar-refractivity contribution < 1.29 is 32.4 Å². The van der Waals surface area contributed by atoms with Crippen molar-refractivity contribution in [2.45, 2.75) is 25.1 Å². The predicted molar refractivity (Wildman–Crippen MR) is 104 cm³/mol. The first kappa shape index (κ1) is 23.0. The molecule has 1 amide bonds. The molecule has 0 bridgehead atoms. The lowest BCUT2D eigenvalue weighted by atomic mass is 10.0. The Morgan fingerprint density at radius 2 is 2.03 bits per heavy atom. The summed E-state index contributed by atoms with van der Waals surface area (Å²) in [4.78, 5) is 24.1. The molecular weight excluding hydrogens is 436 g/mol. The first-order chi connectivity index (χ1) is 14.8. The SMILES string of the molecule is C[C@](O)(CN1CCc2c1ccc([N+](=O)[O-])c2F)C(=O)Nc1ccc(C#N)c(C(F)(F)F)c1. The first-order valence-corrected chi connectivity index (χ1v) is 9.21. The number of alkyl halides is 3. The first-order valence-electron chi connectivity index (χ1n) is 9.21. The van der Waals surface area contributed by atoms with Crippen molar-refractivity contribution in [1.29, 1.82) is 5.26 Å². The van der Waals surface area contributed by atoms with E-state index in [9.17, 15) is 37.6 Å². The van der Waals surface area contributed by atoms with E-state index in [1.807, 2.05) is 0 Å². The van der Waals surface area contributed by atoms with E-state index in [1.165, 1.54) is 17.0 Å². The maximum Gasteiger partial charge on any atom is 0.417 e. The van der Waals surface area contributed by atoms with Gasteiger partial charge < -0.3 is 15.3 Å². The molecule has 0 radical (unpaired) electrons. The van der Waals surface area contributed by atoms with Crippen molar-refractivity contribution >= 4 is 23.0 Å². The summed E-state index contributed by atoms with van der Waals surface area (Å²) in [5.41, 5.74) is -4.56. The molecule has 3 rings (SSSR count). The topological polar surface area (TPSA) is 120 Å². The molecule has 0 fully saturated rings. The highest BCUT2D eigenvalue weighted by Crippen LogP contribution is 2.36. The van der Waals surface area contributed by atoms with Gasteiger partial charge in [0.2, 0.25) is 5.82 Å². The van der Waals surface area contributed by atoms with E-state index in [0.717, 1.165) is 25.1 Å². The minimum absolute atomic E-state index is 0.0809. The zero-order chi connectivity index (χ0) is 23.8. The highest BCUT2D eigenvalue weighted by Gasteiger charge is 2.38. The lowest BCUT2D eigenvalue weighted by molar-refractivity contribution is -0.387. The van der Waals surface area contributed by atoms with E-state index in [0.29, 0.717) is 6.07 Å². The molecule has 1 aliphatic rings. The van der Waals surface area contributed by atoms with Crippen LogP contribution in [0.25, 0.3) is 0 Å². The number of rotatable bonds is 5. The third-order valence-electron chi connectivity index (χ3n) is 5.06. The summed E-state index contributed by atoms with van der Waals surface area (Å²) in [5.74, 6) is -2.01. The Bertz CT molecular complexity index is 1140. The largest absolute Gasteiger partial charge is 0.417 e. The van der Waals surface area contributed by atoms with Gasteiger partial charge in [-0.1, -0.05) is 0 Å². The number of hydrogen-bond acceptors (Lipinski definition) is 6. The van der Waals surface area contributed by atoms with Crippen LogP contribution in [0.1, 0.15) is 23.6 Å². The molecule has 2 N–H and O–H groups in total. The summed E-state index contributed by atoms with van der Waals surface area (Å²) >= 11 is 0. The number of β-amino-alcohol motifs (C(OH)–C–C–N with tert-alkyl or cyclic N) is 1. The maximum atomic E-state index is 14.3. The number of carbonyl (C=O) groups excluding carboxylic acids is 1. The van der Waals surface area contributed by atoms with Crippen molar-refractivity contribution in [2.24, 2.45) is 0 Å². The van der Waals surface area contributed by atoms with E-state index >= 15 is 0 Å². The fraction of sp³-hybridized carbons (Fsp3) is 0.300. The number of fused-ring (bicyclic) bond motifs is 1. The molecule has 0 saturated carbocycles. The lowest BCUT2D eigenvalue weighted by Gasteiger charge is -2.29. The third-order valence-corrected chi connectivity index (χ3v) is 5.06. The summed E-state index contributed by atoms with van der Waals surface area (Å²) < 4.78 is 53.7. The zero-order valence-electron chi connectivity index (χ0n) is 16.5. The summed E-state index contributed by atoms with van der Waals surface area (Å²) in [6, 6.07) is 6.31. The standard InChI is InChI=1S/C20H16F4N4O4/c1-19(30,10-27-7-6-13-15(27)4-5-16(17(13)21)28(31)32)18(29)26-12-3-2-11(9-25)14(8-12)20(22,23)24/h2-5,8,30H,6-7,10H2,1H3,(H,26,29)/t19-/m0/s1. The van der Waals surface area contributed by atoms with Crippen molar-refractivity contribution in [3.8, 4) is 6.07 Å². The van der Waals surface area contributed by atoms with Crippen molar-refractivity contribution in [1.82, 2.24) is 0 Å². The van der Waals surface area contributed by atoms with Gasteiger partial charge in [-0.3, -0.25) is 14.9 Å². The van der Waals surface area contributed by atoms with Crippen LogP contribution in [0.3, 0.4) is 0 Å². The van der Waals surface area contributed by atoms with E-state index in [2.05, 4.69) is 5.32 Å². The fourth-order valence-corrected chi connectivity index (χ4v) is 3.47. The van der Waals surface area contributed by atoms with E-state index in [-0.39, 0.29) is 36.4 Å². The van der Waals surface area contributed by atoms with E-state index < -0.39 is 45.2 Å². The molecular formula is C20H16F4N4O4. The molecule has 1 atom stereocenters. The van der Waals surface area contributed by atoms with Gasteiger partial charge in [-0.05, 0) is 37.6 Å². The minimum Gasteiger partial charge on any atom is -0.378 e. The molecule has 0 saturated heterocycles. The van der Waals surface area contributed by atoms with Crippen LogP contribution in [0.2, 0.25) is 0 Å². The van der Waals surface area contributed by atoms with Gasteiger partial charge in [-0.2, -0.15) is 22.8 Å². The van der Waals surface area contributed by atoms with Crippen LogP contribution in [0.5, 0.6) is 0 Å². The Morgan fingerprint density at radius 1 is 1.34 bits per heavy atom. The van der Waals surface area contributed by atoms with Gasteiger partial charge in [0.25, 0.3) is 5.91 Å². The minimum atomic E-state index is -4.82. The van der Waals surface area contributed by atoms with Crippen LogP contribution in [-0.4, -0.2) is 34.6 Å². The Balaban J connectivity index is 1.79. The Kier molecular flexibility index (Phi) is 5.80. The number of halogens is 4. The summed E-state index contributed by atoms with van der Waals surface area (Å²) in [6.45, 7) is 0.966. The maximum absolute atomic E-state index is 14.3. The number of nitro groups is 1. The molecule has 0 unspecified atom stereocenters. The quantitative estimate of drug-likeness (QED) is 0.408. The molecule has 1 heterocycles. The zero-order valence-corrected chi connectivity index (χ0v) is 16.5. The van der Waals surface area contributed by atoms with Gasteiger partial charge in [0, 0.05) is 29.5 Å². The van der Waals surface area contributed by atoms with Gasteiger partial charge >= 0.3 is 11.9 Å². The van der Waals surface area contributed by atoms with Gasteiger partial charge in [-0.15, -0.1) is 0 Å². The van der Waals surface area contributed by atoms with Crippen LogP contribution in [-0.2, 0) is 17.4 Å². The second-order valence-corrected chi connectivity index (χ2v) is 7.42. The Hall–Kier alpha value is -3.72. The van der Waals surface area contributed by atoms with Gasteiger partial charge in [0.1, 0.15) is 0 Å². The monoisotopic (exact) mass is 452 g/mol. The molecule has 0 spiro atoms. The molecule has 0 aromatic heterocycles. The van der Waals surface area contributed by atoms with Crippen LogP contribution in [0.4, 0.5) is 34.6 Å². The molecule has 1 aliphatic heterocycles. The Morgan fingerprint density at radius 3 is 2.62 bits per heavy atom. The highest BCUT2D eigenvalue weighted by atomic mass is 19.4. The normalized spacial score (nSPS) is 15.0. The number of nitriles is 1. The second-order valence-electron chi connectivity index (χ2n) is 7.42. The molecule has 2 aromatic carbocycles. The van der Waals surface area contributed by atoms with Gasteiger partial charge in [0.15, 0.2) is 5.60 Å². The lowest BCUT2D eigenvalue weighted by Crippen LogP contribution is -2.49. The number of nitro benzene ring substituents is 1. The van der Waals surface area contributed by atoms with Crippen molar-refractivity contribution in [3.05, 3.63) is 63.0 Å². The Labute approximate surface area is 178 Å². The molecule has 8 nitrogen and oxygen atoms in total. The molecule has 12 heteroatoms. The average molecular weight is 452 g/mol. The number of aliphatic hydroxyl groups is 1. The summed E-state index contributed by atoms with van der Waals surface area (Å²) in [5, 5.41) is 32.6. The number of benzene rings is 2. The average Bonchev–Trinajstić information content (AvgIpc) is 3.10. The second kappa shape index (κ2) is 8.08. The molecule has 32 heavy (non-hydrogen) atoms. The summed E-state index contributed by atoms with van der Waals surface area (Å²) in [6.07, 6.45) is -4.70. The number of anilines is 2. The number of nitrogens with zero attached hydrogens (tertiary/aromatic N) is 3. The molecule has 168 valence electrons. The predicted octanol–water partition coefficient (Wildman–Crippen LogP) is 3.38. The number of amides is 1. The third kappa shape index (κ3) is 4.33. The van der Waals surface area contributed by atoms with E-state index in [1.54, 1.807) is 0 Å². The number of hydrogen-bond donors (Lipinski definition) is 2. The number of nitrogens with one attached hydrogen (secondary N) is 1. The molecule has 2 aromatic rings. The van der Waals surface area contributed by atoms with Crippen LogP contribution < -0.4 is 10.2 Å². The van der Waals surface area contributed by atoms with Crippen molar-refractivity contribution in [3.63, 3.8) is 0 Å². The van der Waals surface area contributed by atoms with Gasteiger partial charge in [-0.25, -0.2) is 0 Å².